The molecule has 0 amide bonds. The molecule has 112 valence electrons. The van der Waals surface area contributed by atoms with Gasteiger partial charge in [-0.1, -0.05) is 18.2 Å². The fraction of sp³-hybridized carbons (Fsp3) is 0.250. The molecule has 1 aromatic carbocycles. The van der Waals surface area contributed by atoms with Crippen molar-refractivity contribution in [1.29, 1.82) is 0 Å². The summed E-state index contributed by atoms with van der Waals surface area (Å²) in [6.07, 6.45) is 2.68. The van der Waals surface area contributed by atoms with E-state index in [9.17, 15) is 0 Å². The summed E-state index contributed by atoms with van der Waals surface area (Å²) < 4.78 is 11.7. The largest absolute Gasteiger partial charge is 0.481 e. The van der Waals surface area contributed by atoms with Crippen LogP contribution in [0.15, 0.2) is 52.5 Å². The number of benzene rings is 1. The molecule has 2 heterocycles. The van der Waals surface area contributed by atoms with Gasteiger partial charge in [-0.25, -0.2) is 0 Å². The van der Waals surface area contributed by atoms with Crippen LogP contribution in [0.4, 0.5) is 0 Å². The second-order valence-electron chi connectivity index (χ2n) is 4.61. The van der Waals surface area contributed by atoms with Crippen LogP contribution in [0.1, 0.15) is 17.4 Å². The van der Waals surface area contributed by atoms with Gasteiger partial charge in [0, 0.05) is 16.7 Å². The fourth-order valence-corrected chi connectivity index (χ4v) is 3.01. The first-order chi connectivity index (χ1) is 9.88. The van der Waals surface area contributed by atoms with Crippen molar-refractivity contribution in [3.8, 4) is 5.75 Å². The predicted molar refractivity (Wildman–Crippen MR) is 89.7 cm³/mol. The van der Waals surface area contributed by atoms with E-state index in [0.29, 0.717) is 0 Å². The van der Waals surface area contributed by atoms with Crippen molar-refractivity contribution >= 4 is 34.7 Å². The molecule has 0 aliphatic rings. The molecule has 1 unspecified atom stereocenters. The van der Waals surface area contributed by atoms with Crippen LogP contribution in [0.25, 0.3) is 11.0 Å². The van der Waals surface area contributed by atoms with Crippen molar-refractivity contribution < 1.29 is 9.15 Å². The van der Waals surface area contributed by atoms with E-state index in [0.717, 1.165) is 29.7 Å². The molecule has 3 rings (SSSR count). The highest BCUT2D eigenvalue weighted by molar-refractivity contribution is 7.10. The summed E-state index contributed by atoms with van der Waals surface area (Å²) in [7, 11) is 1.96. The van der Waals surface area contributed by atoms with Gasteiger partial charge >= 0.3 is 0 Å². The van der Waals surface area contributed by atoms with E-state index in [4.69, 9.17) is 9.15 Å². The number of fused-ring (bicyclic) bond motifs is 1. The topological polar surface area (TPSA) is 34.4 Å². The van der Waals surface area contributed by atoms with E-state index in [1.807, 2.05) is 31.3 Å². The van der Waals surface area contributed by atoms with Gasteiger partial charge < -0.3 is 14.5 Å². The van der Waals surface area contributed by atoms with Crippen LogP contribution >= 0.6 is 23.7 Å². The summed E-state index contributed by atoms with van der Waals surface area (Å²) in [4.78, 5) is 1.24. The van der Waals surface area contributed by atoms with E-state index in [1.54, 1.807) is 17.6 Å². The van der Waals surface area contributed by atoms with E-state index in [2.05, 4.69) is 22.8 Å². The van der Waals surface area contributed by atoms with Crippen molar-refractivity contribution in [2.24, 2.45) is 0 Å². The Hall–Kier alpha value is -1.49. The predicted octanol–water partition coefficient (Wildman–Crippen LogP) is 4.65. The molecular formula is C16H18ClNO2S. The molecule has 5 heteroatoms. The summed E-state index contributed by atoms with van der Waals surface area (Å²) in [5.74, 6) is 0.807. The Morgan fingerprint density at radius 2 is 2.14 bits per heavy atom. The zero-order valence-electron chi connectivity index (χ0n) is 11.7. The molecule has 0 fully saturated rings. The summed E-state index contributed by atoms with van der Waals surface area (Å²) in [6, 6.07) is 12.1. The first-order valence-corrected chi connectivity index (χ1v) is 7.57. The first kappa shape index (κ1) is 15.9. The Kier molecular flexibility index (Phi) is 5.67. The number of hydrogen-bond donors (Lipinski definition) is 1. The van der Waals surface area contributed by atoms with Crippen LogP contribution in [0.3, 0.4) is 0 Å². The van der Waals surface area contributed by atoms with Crippen LogP contribution in [0.2, 0.25) is 0 Å². The quantitative estimate of drug-likeness (QED) is 0.717. The molecule has 0 bridgehead atoms. The molecule has 0 aliphatic heterocycles. The lowest BCUT2D eigenvalue weighted by Gasteiger charge is -2.18. The van der Waals surface area contributed by atoms with Crippen molar-refractivity contribution in [1.82, 2.24) is 5.32 Å². The first-order valence-electron chi connectivity index (χ1n) is 6.69. The second kappa shape index (κ2) is 7.50. The molecule has 0 saturated heterocycles. The maximum absolute atomic E-state index is 6.21. The lowest BCUT2D eigenvalue weighted by Crippen LogP contribution is -2.15. The zero-order valence-corrected chi connectivity index (χ0v) is 13.4. The number of para-hydroxylation sites is 1. The van der Waals surface area contributed by atoms with Gasteiger partial charge in [0.2, 0.25) is 0 Å². The monoisotopic (exact) mass is 323 g/mol. The third-order valence-corrected chi connectivity index (χ3v) is 4.19. The van der Waals surface area contributed by atoms with E-state index >= 15 is 0 Å². The van der Waals surface area contributed by atoms with E-state index in [1.165, 1.54) is 4.88 Å². The molecule has 3 nitrogen and oxygen atoms in total. The molecule has 3 aromatic rings. The summed E-state index contributed by atoms with van der Waals surface area (Å²) in [5.41, 5.74) is 0.818. The number of hydrogen-bond acceptors (Lipinski definition) is 4. The number of nitrogens with one attached hydrogen (secondary N) is 1. The van der Waals surface area contributed by atoms with Gasteiger partial charge in [0.1, 0.15) is 6.10 Å². The van der Waals surface area contributed by atoms with Gasteiger partial charge in [-0.3, -0.25) is 0 Å². The molecule has 1 N–H and O–H groups in total. The maximum Gasteiger partial charge on any atom is 0.175 e. The summed E-state index contributed by atoms with van der Waals surface area (Å²) in [6.45, 7) is 0.913. The average molecular weight is 324 g/mol. The Labute approximate surface area is 134 Å². The van der Waals surface area contributed by atoms with Crippen molar-refractivity contribution in [3.63, 3.8) is 0 Å². The molecule has 0 spiro atoms. The van der Waals surface area contributed by atoms with Gasteiger partial charge in [-0.05, 0) is 37.2 Å². The Balaban J connectivity index is 0.00000161. The third kappa shape index (κ3) is 3.59. The van der Waals surface area contributed by atoms with Gasteiger partial charge in [0.25, 0.3) is 0 Å². The minimum Gasteiger partial charge on any atom is -0.481 e. The van der Waals surface area contributed by atoms with Gasteiger partial charge in [-0.2, -0.15) is 0 Å². The molecule has 0 radical (unpaired) electrons. The standard InChI is InChI=1S/C16H17NO2S.ClH/c1-17-9-7-13(15-6-3-11-20-15)19-14-5-2-4-12-8-10-18-16(12)14;/h2-6,8,10-11,13,17H,7,9H2,1H3;1H. The van der Waals surface area contributed by atoms with Crippen LogP contribution in [0, 0.1) is 0 Å². The van der Waals surface area contributed by atoms with E-state index < -0.39 is 0 Å². The number of ether oxygens (including phenoxy) is 1. The average Bonchev–Trinajstić information content (AvgIpc) is 3.14. The highest BCUT2D eigenvalue weighted by Crippen LogP contribution is 2.33. The lowest BCUT2D eigenvalue weighted by atomic mass is 10.2. The van der Waals surface area contributed by atoms with Gasteiger partial charge in [-0.15, -0.1) is 23.7 Å². The minimum atomic E-state index is 0. The van der Waals surface area contributed by atoms with Crippen LogP contribution in [0.5, 0.6) is 5.75 Å². The Morgan fingerprint density at radius 1 is 1.24 bits per heavy atom. The lowest BCUT2D eigenvalue weighted by molar-refractivity contribution is 0.199. The highest BCUT2D eigenvalue weighted by Gasteiger charge is 2.16. The highest BCUT2D eigenvalue weighted by atomic mass is 35.5. The Bertz CT molecular complexity index is 666. The van der Waals surface area contributed by atoms with Crippen LogP contribution in [-0.4, -0.2) is 13.6 Å². The van der Waals surface area contributed by atoms with Crippen molar-refractivity contribution in [2.45, 2.75) is 12.5 Å². The molecule has 0 aliphatic carbocycles. The number of halogens is 1. The smallest absolute Gasteiger partial charge is 0.175 e. The molecule has 2 aromatic heterocycles. The van der Waals surface area contributed by atoms with Gasteiger partial charge in [0.05, 0.1) is 6.26 Å². The van der Waals surface area contributed by atoms with Crippen molar-refractivity contribution in [3.05, 3.63) is 52.9 Å². The summed E-state index contributed by atoms with van der Waals surface area (Å²) >= 11 is 1.72. The second-order valence-corrected chi connectivity index (χ2v) is 5.59. The molecular weight excluding hydrogens is 306 g/mol. The number of thiophene rings is 1. The fourth-order valence-electron chi connectivity index (χ4n) is 2.22. The molecule has 1 atom stereocenters. The molecule has 0 saturated carbocycles. The SMILES string of the molecule is CNCCC(Oc1cccc2ccoc12)c1cccs1.Cl. The van der Waals surface area contributed by atoms with Crippen molar-refractivity contribution in [2.75, 3.05) is 13.6 Å². The molecule has 21 heavy (non-hydrogen) atoms. The summed E-state index contributed by atoms with van der Waals surface area (Å²) in [5, 5.41) is 6.33. The minimum absolute atomic E-state index is 0. The van der Waals surface area contributed by atoms with Crippen LogP contribution < -0.4 is 10.1 Å². The number of furan rings is 1. The Morgan fingerprint density at radius 3 is 2.90 bits per heavy atom. The zero-order chi connectivity index (χ0) is 13.8. The van der Waals surface area contributed by atoms with Gasteiger partial charge in [0.15, 0.2) is 11.3 Å². The normalized spacial score (nSPS) is 12.0. The van der Waals surface area contributed by atoms with Crippen LogP contribution in [-0.2, 0) is 0 Å². The number of rotatable bonds is 6. The maximum atomic E-state index is 6.21. The third-order valence-electron chi connectivity index (χ3n) is 3.23. The van der Waals surface area contributed by atoms with E-state index in [-0.39, 0.29) is 18.5 Å².